The lowest BCUT2D eigenvalue weighted by Crippen LogP contribution is -2.28. The summed E-state index contributed by atoms with van der Waals surface area (Å²) in [6, 6.07) is 10.4. The molecular weight excluding hydrogens is 414 g/mol. The van der Waals surface area contributed by atoms with Gasteiger partial charge in [0.25, 0.3) is 5.69 Å². The molecule has 0 amide bonds. The highest BCUT2D eigenvalue weighted by Crippen LogP contribution is 2.31. The number of hydrogen-bond acceptors (Lipinski definition) is 5. The maximum Gasteiger partial charge on any atom is 0.345 e. The second-order valence-corrected chi connectivity index (χ2v) is 10.7. The highest BCUT2D eigenvalue weighted by molar-refractivity contribution is 7.96. The van der Waals surface area contributed by atoms with Gasteiger partial charge in [-0.1, -0.05) is 0 Å². The van der Waals surface area contributed by atoms with Crippen LogP contribution in [-0.2, 0) is 26.0 Å². The Labute approximate surface area is 186 Å². The van der Waals surface area contributed by atoms with Crippen LogP contribution in [0.1, 0.15) is 49.8 Å². The fourth-order valence-electron chi connectivity index (χ4n) is 3.86. The second-order valence-electron chi connectivity index (χ2n) is 8.42. The first-order valence-electron chi connectivity index (χ1n) is 10.6. The van der Waals surface area contributed by atoms with Crippen LogP contribution in [0.2, 0.25) is 0 Å². The number of hydrogen-bond donors (Lipinski definition) is 0. The van der Waals surface area contributed by atoms with E-state index in [0.717, 1.165) is 16.9 Å². The van der Waals surface area contributed by atoms with Gasteiger partial charge in [0, 0.05) is 23.0 Å². The van der Waals surface area contributed by atoms with Crippen LogP contribution < -0.4 is 4.74 Å². The van der Waals surface area contributed by atoms with Gasteiger partial charge in [-0.15, -0.1) is 0 Å². The first-order valence-corrected chi connectivity index (χ1v) is 12.1. The lowest BCUT2D eigenvalue weighted by Gasteiger charge is -2.25. The quantitative estimate of drug-likeness (QED) is 0.253. The van der Waals surface area contributed by atoms with Crippen molar-refractivity contribution in [3.8, 4) is 5.75 Å². The molecule has 0 spiro atoms. The fourth-order valence-corrected chi connectivity index (χ4v) is 6.33. The molecule has 2 aromatic carbocycles. The lowest BCUT2D eigenvalue weighted by atomic mass is 9.98. The van der Waals surface area contributed by atoms with Crippen molar-refractivity contribution in [3.63, 3.8) is 0 Å². The van der Waals surface area contributed by atoms with Crippen LogP contribution in [0.4, 0.5) is 5.69 Å². The number of benzene rings is 2. The van der Waals surface area contributed by atoms with Crippen LogP contribution >= 0.6 is 0 Å². The maximum atomic E-state index is 12.5. The number of aryl methyl sites for hydroxylation is 2. The Morgan fingerprint density at radius 3 is 2.19 bits per heavy atom. The number of nitro groups is 1. The predicted molar refractivity (Wildman–Crippen MR) is 123 cm³/mol. The zero-order valence-corrected chi connectivity index (χ0v) is 19.4. The van der Waals surface area contributed by atoms with E-state index < -0.39 is 16.5 Å². The van der Waals surface area contributed by atoms with Gasteiger partial charge in [0.2, 0.25) is 0 Å². The molecule has 0 aliphatic carbocycles. The Morgan fingerprint density at radius 2 is 1.65 bits per heavy atom. The van der Waals surface area contributed by atoms with E-state index in [1.54, 1.807) is 26.0 Å². The summed E-state index contributed by atoms with van der Waals surface area (Å²) < 4.78 is 11.5. The number of carbonyl (C=O) groups excluding carboxylic acids is 1. The third kappa shape index (κ3) is 5.79. The molecule has 0 radical (unpaired) electrons. The molecule has 1 aliphatic rings. The summed E-state index contributed by atoms with van der Waals surface area (Å²) in [7, 11) is 0.322. The molecule has 0 unspecified atom stereocenters. The molecule has 7 heteroatoms. The van der Waals surface area contributed by atoms with E-state index in [2.05, 4.69) is 12.1 Å². The molecule has 1 saturated heterocycles. The molecular formula is C24H30NO5S+. The van der Waals surface area contributed by atoms with Crippen molar-refractivity contribution in [3.05, 3.63) is 63.2 Å². The zero-order chi connectivity index (χ0) is 22.6. The van der Waals surface area contributed by atoms with E-state index in [1.807, 2.05) is 13.8 Å². The molecule has 0 saturated carbocycles. The van der Waals surface area contributed by atoms with Gasteiger partial charge in [0.15, 0.2) is 11.5 Å². The van der Waals surface area contributed by atoms with E-state index in [9.17, 15) is 14.9 Å². The Hall–Kier alpha value is -2.54. The smallest absolute Gasteiger partial charge is 0.345 e. The molecule has 1 aliphatic heterocycles. The van der Waals surface area contributed by atoms with E-state index in [4.69, 9.17) is 9.47 Å². The van der Waals surface area contributed by atoms with E-state index >= 15 is 0 Å². The summed E-state index contributed by atoms with van der Waals surface area (Å²) in [6.45, 7) is 7.35. The molecule has 3 rings (SSSR count). The summed E-state index contributed by atoms with van der Waals surface area (Å²) in [5.74, 6) is 2.78. The van der Waals surface area contributed by atoms with Crippen molar-refractivity contribution in [1.82, 2.24) is 0 Å². The number of esters is 1. The highest BCUT2D eigenvalue weighted by atomic mass is 32.2. The number of rotatable bonds is 7. The standard InChI is InChI=1S/C24H30NO5S/c1-17-14-21(31-12-6-5-7-13-31)15-18(2)23(17)29-16-22(26)30-24(3,4)19-8-10-20(11-9-19)25(27)28/h8-11,14-15H,5-7,12-13,16H2,1-4H3/q+1. The van der Waals surface area contributed by atoms with Crippen molar-refractivity contribution >= 4 is 22.6 Å². The van der Waals surface area contributed by atoms with Gasteiger partial charge >= 0.3 is 5.97 Å². The van der Waals surface area contributed by atoms with Gasteiger partial charge < -0.3 is 9.47 Å². The molecule has 0 bridgehead atoms. The third-order valence-corrected chi connectivity index (χ3v) is 7.99. The second kappa shape index (κ2) is 9.73. The van der Waals surface area contributed by atoms with E-state index in [1.165, 1.54) is 47.8 Å². The van der Waals surface area contributed by atoms with Crippen LogP contribution in [0.15, 0.2) is 41.3 Å². The first-order chi connectivity index (χ1) is 14.7. The van der Waals surface area contributed by atoms with Crippen LogP contribution in [0, 0.1) is 24.0 Å². The highest BCUT2D eigenvalue weighted by Gasteiger charge is 2.28. The SMILES string of the molecule is Cc1cc([S+]2CCCCC2)cc(C)c1OCC(=O)OC(C)(C)c1ccc([N+](=O)[O-])cc1. The van der Waals surface area contributed by atoms with Gasteiger partial charge in [0.05, 0.1) is 4.92 Å². The van der Waals surface area contributed by atoms with Gasteiger partial charge in [-0.25, -0.2) is 4.79 Å². The Bertz CT molecular complexity index is 926. The monoisotopic (exact) mass is 444 g/mol. The molecule has 0 atom stereocenters. The first kappa shape index (κ1) is 23.1. The van der Waals surface area contributed by atoms with Crippen molar-refractivity contribution in [2.24, 2.45) is 0 Å². The molecule has 1 fully saturated rings. The third-order valence-electron chi connectivity index (χ3n) is 5.53. The maximum absolute atomic E-state index is 12.5. The van der Waals surface area contributed by atoms with Gasteiger partial charge in [-0.3, -0.25) is 10.1 Å². The Balaban J connectivity index is 1.62. The normalized spacial score (nSPS) is 14.8. The summed E-state index contributed by atoms with van der Waals surface area (Å²) in [4.78, 5) is 24.2. The summed E-state index contributed by atoms with van der Waals surface area (Å²) in [5, 5.41) is 10.8. The summed E-state index contributed by atoms with van der Waals surface area (Å²) in [5.41, 5.74) is 1.83. The van der Waals surface area contributed by atoms with Gasteiger partial charge in [-0.2, -0.15) is 0 Å². The zero-order valence-electron chi connectivity index (χ0n) is 18.6. The molecule has 0 N–H and O–H groups in total. The Kier molecular flexibility index (Phi) is 7.26. The number of nitrogens with zero attached hydrogens (tertiary/aromatic N) is 1. The summed E-state index contributed by atoms with van der Waals surface area (Å²) >= 11 is 0. The minimum absolute atomic E-state index is 0.00236. The lowest BCUT2D eigenvalue weighted by molar-refractivity contribution is -0.384. The minimum atomic E-state index is -0.925. The number of ether oxygens (including phenoxy) is 2. The molecule has 6 nitrogen and oxygen atoms in total. The summed E-state index contributed by atoms with van der Waals surface area (Å²) in [6.07, 6.45) is 3.94. The van der Waals surface area contributed by atoms with Crippen LogP contribution in [0.5, 0.6) is 5.75 Å². The van der Waals surface area contributed by atoms with Gasteiger partial charge in [-0.05, 0) is 87.9 Å². The van der Waals surface area contributed by atoms with Crippen molar-refractivity contribution in [2.45, 2.75) is 57.5 Å². The molecule has 31 heavy (non-hydrogen) atoms. The molecule has 2 aromatic rings. The predicted octanol–water partition coefficient (Wildman–Crippen LogP) is 5.23. The average molecular weight is 445 g/mol. The number of non-ortho nitro benzene ring substituents is 1. The molecule has 166 valence electrons. The van der Waals surface area contributed by atoms with E-state index in [0.29, 0.717) is 16.5 Å². The van der Waals surface area contributed by atoms with Crippen LogP contribution in [0.3, 0.4) is 0 Å². The van der Waals surface area contributed by atoms with E-state index in [-0.39, 0.29) is 12.3 Å². The van der Waals surface area contributed by atoms with Crippen LogP contribution in [0.25, 0.3) is 0 Å². The largest absolute Gasteiger partial charge is 0.481 e. The van der Waals surface area contributed by atoms with Gasteiger partial charge in [0.1, 0.15) is 22.9 Å². The average Bonchev–Trinajstić information content (AvgIpc) is 2.73. The van der Waals surface area contributed by atoms with Crippen LogP contribution in [-0.4, -0.2) is 29.0 Å². The van der Waals surface area contributed by atoms with Crippen molar-refractivity contribution < 1.29 is 19.2 Å². The van der Waals surface area contributed by atoms with Crippen molar-refractivity contribution in [1.29, 1.82) is 0 Å². The molecule has 0 aromatic heterocycles. The van der Waals surface area contributed by atoms with Crippen molar-refractivity contribution in [2.75, 3.05) is 18.1 Å². The Morgan fingerprint density at radius 1 is 1.06 bits per heavy atom. The number of carbonyl (C=O) groups is 1. The molecule has 1 heterocycles. The minimum Gasteiger partial charge on any atom is -0.481 e. The topological polar surface area (TPSA) is 78.7 Å². The number of nitro benzene ring substituents is 1. The fraction of sp³-hybridized carbons (Fsp3) is 0.458.